The van der Waals surface area contributed by atoms with Crippen LogP contribution in [0.2, 0.25) is 0 Å². The minimum atomic E-state index is -0.584. The van der Waals surface area contributed by atoms with E-state index in [0.717, 1.165) is 18.4 Å². The summed E-state index contributed by atoms with van der Waals surface area (Å²) in [6.45, 7) is 0.604. The molecule has 0 spiro atoms. The van der Waals surface area contributed by atoms with Crippen molar-refractivity contribution in [3.05, 3.63) is 59.9 Å². The van der Waals surface area contributed by atoms with Crippen molar-refractivity contribution in [1.29, 1.82) is 0 Å². The smallest absolute Gasteiger partial charge is 0.411 e. The number of nitrogens with one attached hydrogen (secondary N) is 2. The normalized spacial score (nSPS) is 16.2. The molecule has 0 aromatic heterocycles. The maximum Gasteiger partial charge on any atom is 0.411 e. The van der Waals surface area contributed by atoms with Crippen LogP contribution >= 0.6 is 0 Å². The summed E-state index contributed by atoms with van der Waals surface area (Å²) in [4.78, 5) is 25.7. The highest BCUT2D eigenvalue weighted by atomic mass is 19.1. The maximum absolute atomic E-state index is 13.5. The monoisotopic (exact) mass is 357 g/mol. The fourth-order valence-electron chi connectivity index (χ4n) is 3.11. The molecule has 1 fully saturated rings. The van der Waals surface area contributed by atoms with E-state index >= 15 is 0 Å². The number of anilines is 2. The van der Waals surface area contributed by atoms with Gasteiger partial charge in [-0.1, -0.05) is 18.2 Å². The molecular formula is C19H20FN3O3. The summed E-state index contributed by atoms with van der Waals surface area (Å²) in [5, 5.41) is 5.38. The number of carbonyl (C=O) groups excluding carboxylic acids is 2. The molecule has 1 aliphatic heterocycles. The van der Waals surface area contributed by atoms with E-state index in [2.05, 4.69) is 15.4 Å². The molecule has 6 nitrogen and oxygen atoms in total. The number of likely N-dealkylation sites (tertiary alicyclic amines) is 1. The van der Waals surface area contributed by atoms with Crippen LogP contribution in [-0.4, -0.2) is 30.7 Å². The van der Waals surface area contributed by atoms with E-state index in [-0.39, 0.29) is 17.9 Å². The predicted octanol–water partition coefficient (Wildman–Crippen LogP) is 4.37. The second-order valence-electron chi connectivity index (χ2n) is 6.03. The van der Waals surface area contributed by atoms with Crippen LogP contribution in [0.5, 0.6) is 0 Å². The molecule has 0 bridgehead atoms. The van der Waals surface area contributed by atoms with Gasteiger partial charge in [-0.25, -0.2) is 14.0 Å². The molecule has 2 N–H and O–H groups in total. The summed E-state index contributed by atoms with van der Waals surface area (Å²) >= 11 is 0. The summed E-state index contributed by atoms with van der Waals surface area (Å²) in [6, 6.07) is 12.7. The van der Waals surface area contributed by atoms with E-state index in [1.807, 2.05) is 6.07 Å². The molecule has 0 radical (unpaired) electrons. The highest BCUT2D eigenvalue weighted by Gasteiger charge is 2.30. The van der Waals surface area contributed by atoms with Crippen molar-refractivity contribution in [3.63, 3.8) is 0 Å². The third-order valence-corrected chi connectivity index (χ3v) is 4.29. The summed E-state index contributed by atoms with van der Waals surface area (Å²) < 4.78 is 18.1. The molecular weight excluding hydrogens is 337 g/mol. The molecule has 2 aromatic rings. The van der Waals surface area contributed by atoms with Gasteiger partial charge in [0.05, 0.1) is 13.2 Å². The average molecular weight is 357 g/mol. The Bertz CT molecular complexity index is 812. The zero-order valence-electron chi connectivity index (χ0n) is 14.4. The molecule has 2 aromatic carbocycles. The van der Waals surface area contributed by atoms with Crippen LogP contribution in [0.4, 0.5) is 25.4 Å². The number of ether oxygens (including phenoxy) is 1. The van der Waals surface area contributed by atoms with Gasteiger partial charge in [0.1, 0.15) is 5.82 Å². The van der Waals surface area contributed by atoms with Gasteiger partial charge >= 0.3 is 12.1 Å². The molecule has 136 valence electrons. The van der Waals surface area contributed by atoms with E-state index in [1.165, 1.54) is 19.2 Å². The van der Waals surface area contributed by atoms with Gasteiger partial charge in [0.15, 0.2) is 0 Å². The maximum atomic E-state index is 13.5. The number of rotatable bonds is 3. The lowest BCUT2D eigenvalue weighted by molar-refractivity contribution is 0.187. The Morgan fingerprint density at radius 1 is 1.12 bits per heavy atom. The average Bonchev–Trinajstić information content (AvgIpc) is 3.12. The Balaban J connectivity index is 1.71. The van der Waals surface area contributed by atoms with Gasteiger partial charge in [-0.3, -0.25) is 5.32 Å². The quantitative estimate of drug-likeness (QED) is 0.857. The molecule has 1 unspecified atom stereocenters. The van der Waals surface area contributed by atoms with Crippen molar-refractivity contribution in [2.75, 3.05) is 24.3 Å². The summed E-state index contributed by atoms with van der Waals surface area (Å²) in [6.07, 6.45) is 1.07. The number of carbonyl (C=O) groups is 2. The van der Waals surface area contributed by atoms with Crippen LogP contribution < -0.4 is 10.6 Å². The number of hydrogen-bond acceptors (Lipinski definition) is 3. The third-order valence-electron chi connectivity index (χ3n) is 4.29. The molecule has 3 rings (SSSR count). The lowest BCUT2D eigenvalue weighted by Gasteiger charge is -2.25. The first-order valence-corrected chi connectivity index (χ1v) is 8.35. The highest BCUT2D eigenvalue weighted by Crippen LogP contribution is 2.32. The van der Waals surface area contributed by atoms with E-state index in [9.17, 15) is 14.0 Å². The molecule has 7 heteroatoms. The lowest BCUT2D eigenvalue weighted by atomic mass is 10.0. The van der Waals surface area contributed by atoms with Crippen molar-refractivity contribution in [2.45, 2.75) is 18.9 Å². The van der Waals surface area contributed by atoms with E-state index in [0.29, 0.717) is 17.9 Å². The zero-order valence-corrected chi connectivity index (χ0v) is 14.4. The number of hydrogen-bond donors (Lipinski definition) is 2. The summed E-state index contributed by atoms with van der Waals surface area (Å²) in [7, 11) is 1.28. The van der Waals surface area contributed by atoms with Gasteiger partial charge in [0, 0.05) is 17.9 Å². The Morgan fingerprint density at radius 2 is 1.85 bits per heavy atom. The van der Waals surface area contributed by atoms with Gasteiger partial charge in [-0.2, -0.15) is 0 Å². The first-order valence-electron chi connectivity index (χ1n) is 8.35. The van der Waals surface area contributed by atoms with Crippen LogP contribution in [0.25, 0.3) is 0 Å². The van der Waals surface area contributed by atoms with Crippen molar-refractivity contribution < 1.29 is 18.7 Å². The minimum absolute atomic E-state index is 0.151. The van der Waals surface area contributed by atoms with Crippen molar-refractivity contribution in [3.8, 4) is 0 Å². The Kier molecular flexibility index (Phi) is 5.36. The Morgan fingerprint density at radius 3 is 2.58 bits per heavy atom. The van der Waals surface area contributed by atoms with Crippen molar-refractivity contribution >= 4 is 23.5 Å². The number of amides is 3. The van der Waals surface area contributed by atoms with Crippen LogP contribution in [0.15, 0.2) is 48.5 Å². The standard InChI is InChI=1S/C19H20FN3O3/c1-26-19(25)22-16-8-3-7-15(12-16)21-18(24)23-10-4-9-17(23)13-5-2-6-14(20)11-13/h2-3,5-8,11-12,17H,4,9-10H2,1H3,(H,21,24)(H,22,25). The van der Waals surface area contributed by atoms with Gasteiger partial charge in [0.25, 0.3) is 0 Å². The Hall–Kier alpha value is -3.09. The van der Waals surface area contributed by atoms with Crippen molar-refractivity contribution in [1.82, 2.24) is 4.90 Å². The number of urea groups is 1. The molecule has 1 heterocycles. The molecule has 1 atom stereocenters. The minimum Gasteiger partial charge on any atom is -0.453 e. The zero-order chi connectivity index (χ0) is 18.5. The number of halogens is 1. The van der Waals surface area contributed by atoms with E-state index < -0.39 is 6.09 Å². The molecule has 26 heavy (non-hydrogen) atoms. The predicted molar refractivity (Wildman–Crippen MR) is 96.6 cm³/mol. The summed E-state index contributed by atoms with van der Waals surface area (Å²) in [5.74, 6) is -0.309. The van der Waals surface area contributed by atoms with E-state index in [4.69, 9.17) is 0 Å². The van der Waals surface area contributed by atoms with Gasteiger partial charge < -0.3 is 15.0 Å². The van der Waals surface area contributed by atoms with Crippen LogP contribution in [0.3, 0.4) is 0 Å². The van der Waals surface area contributed by atoms with Gasteiger partial charge in [0.2, 0.25) is 0 Å². The number of nitrogens with zero attached hydrogens (tertiary/aromatic N) is 1. The highest BCUT2D eigenvalue weighted by molar-refractivity contribution is 5.91. The van der Waals surface area contributed by atoms with Crippen LogP contribution in [-0.2, 0) is 4.74 Å². The SMILES string of the molecule is COC(=O)Nc1cccc(NC(=O)N2CCCC2c2cccc(F)c2)c1. The second-order valence-corrected chi connectivity index (χ2v) is 6.03. The fraction of sp³-hybridized carbons (Fsp3) is 0.263. The largest absolute Gasteiger partial charge is 0.453 e. The number of methoxy groups -OCH3 is 1. The molecule has 0 aliphatic carbocycles. The van der Waals surface area contributed by atoms with Crippen LogP contribution in [0.1, 0.15) is 24.4 Å². The first-order chi connectivity index (χ1) is 12.6. The molecule has 0 saturated carbocycles. The van der Waals surface area contributed by atoms with Crippen LogP contribution in [0, 0.1) is 5.82 Å². The second kappa shape index (κ2) is 7.86. The third kappa shape index (κ3) is 4.11. The summed E-state index contributed by atoms with van der Waals surface area (Å²) in [5.41, 5.74) is 1.85. The van der Waals surface area contributed by atoms with Gasteiger partial charge in [-0.15, -0.1) is 0 Å². The molecule has 1 saturated heterocycles. The first kappa shape index (κ1) is 17.7. The fourth-order valence-corrected chi connectivity index (χ4v) is 3.11. The Labute approximate surface area is 150 Å². The van der Waals surface area contributed by atoms with Crippen molar-refractivity contribution in [2.24, 2.45) is 0 Å². The topological polar surface area (TPSA) is 70.7 Å². The van der Waals surface area contributed by atoms with Gasteiger partial charge in [-0.05, 0) is 48.7 Å². The number of benzene rings is 2. The molecule has 3 amide bonds. The lowest BCUT2D eigenvalue weighted by Crippen LogP contribution is -2.34. The molecule has 1 aliphatic rings. The van der Waals surface area contributed by atoms with E-state index in [1.54, 1.807) is 35.2 Å².